The number of nitrogens with zero attached hydrogens (tertiary/aromatic N) is 7. The smallest absolute Gasteiger partial charge is 0.352 e. The van der Waals surface area contributed by atoms with Gasteiger partial charge < -0.3 is 30.9 Å². The molecule has 2 fully saturated rings. The van der Waals surface area contributed by atoms with Gasteiger partial charge in [-0.05, 0) is 40.6 Å². The van der Waals surface area contributed by atoms with Crippen molar-refractivity contribution in [1.29, 1.82) is 0 Å². The largest absolute Gasteiger partial charge is 0.508 e. The first-order chi connectivity index (χ1) is 21.4. The molecule has 6 amide bonds. The summed E-state index contributed by atoms with van der Waals surface area (Å²) in [5.74, 6) is -4.87. The lowest BCUT2D eigenvalue weighted by molar-refractivity contribution is -0.165. The van der Waals surface area contributed by atoms with Crippen LogP contribution in [-0.2, 0) is 31.0 Å². The highest BCUT2D eigenvalue weighted by atomic mass is 32.2. The Morgan fingerprint density at radius 3 is 2.49 bits per heavy atom. The summed E-state index contributed by atoms with van der Waals surface area (Å²) in [6.07, 6.45) is -1.45. The lowest BCUT2D eigenvalue weighted by Gasteiger charge is -2.49. The highest BCUT2D eigenvalue weighted by Gasteiger charge is 2.54. The minimum absolute atomic E-state index is 0.0313. The van der Waals surface area contributed by atoms with E-state index in [1.54, 1.807) is 14.0 Å². The molecule has 0 aliphatic carbocycles. The minimum Gasteiger partial charge on any atom is -0.508 e. The average Bonchev–Trinajstić information content (AvgIpc) is 3.43. The predicted molar refractivity (Wildman–Crippen MR) is 154 cm³/mol. The van der Waals surface area contributed by atoms with Crippen molar-refractivity contribution in [1.82, 2.24) is 45.5 Å². The van der Waals surface area contributed by atoms with Crippen LogP contribution in [0.1, 0.15) is 18.5 Å². The van der Waals surface area contributed by atoms with Crippen molar-refractivity contribution in [2.24, 2.45) is 7.05 Å². The van der Waals surface area contributed by atoms with Gasteiger partial charge in [0.2, 0.25) is 11.1 Å². The summed E-state index contributed by atoms with van der Waals surface area (Å²) in [4.78, 5) is 79.6. The number of β-lactam (4-membered cyclic amide) rings is 1. The maximum absolute atomic E-state index is 13.6. The number of benzene rings is 1. The summed E-state index contributed by atoms with van der Waals surface area (Å²) in [7, 11) is 1.63. The molecular weight excluding hydrogens is 634 g/mol. The Labute approximate surface area is 262 Å². The molecule has 0 bridgehead atoms. The first-order valence-corrected chi connectivity index (χ1v) is 15.4. The number of phenolic OH excluding ortho intramolecular Hbond substituents is 1. The molecule has 2 saturated heterocycles. The van der Waals surface area contributed by atoms with Gasteiger partial charge in [0, 0.05) is 25.1 Å². The van der Waals surface area contributed by atoms with E-state index >= 15 is 0 Å². The number of aliphatic hydroxyl groups is 1. The van der Waals surface area contributed by atoms with E-state index in [0.29, 0.717) is 15.6 Å². The number of rotatable bonds is 9. The second-order valence-electron chi connectivity index (χ2n) is 9.99. The lowest BCUT2D eigenvalue weighted by Crippen LogP contribution is -2.71. The highest BCUT2D eigenvalue weighted by molar-refractivity contribution is 8.01. The molecule has 5 N–H and O–H groups in total. The number of hydrogen-bond donors (Lipinski definition) is 5. The molecule has 0 spiro atoms. The van der Waals surface area contributed by atoms with Crippen molar-refractivity contribution < 1.29 is 44.1 Å². The van der Waals surface area contributed by atoms with Gasteiger partial charge in [0.25, 0.3) is 5.91 Å². The van der Waals surface area contributed by atoms with Crippen molar-refractivity contribution in [3.05, 3.63) is 41.1 Å². The molecule has 238 valence electrons. The van der Waals surface area contributed by atoms with Gasteiger partial charge in [0.15, 0.2) is 0 Å². The maximum atomic E-state index is 13.6. The van der Waals surface area contributed by atoms with Gasteiger partial charge in [-0.1, -0.05) is 23.9 Å². The van der Waals surface area contributed by atoms with Crippen LogP contribution in [0.2, 0.25) is 0 Å². The van der Waals surface area contributed by atoms with Crippen LogP contribution in [0, 0.1) is 0 Å². The average molecular weight is 662 g/mol. The molecule has 45 heavy (non-hydrogen) atoms. The Hall–Kier alpha value is -4.69. The Morgan fingerprint density at radius 2 is 1.87 bits per heavy atom. The van der Waals surface area contributed by atoms with Crippen LogP contribution in [0.3, 0.4) is 0 Å². The van der Waals surface area contributed by atoms with E-state index in [2.05, 4.69) is 26.2 Å². The number of amides is 6. The number of phenols is 1. The number of aliphatic carboxylic acids is 1. The van der Waals surface area contributed by atoms with Gasteiger partial charge in [0.05, 0.1) is 6.54 Å². The molecule has 1 aromatic heterocycles. The Morgan fingerprint density at radius 1 is 1.16 bits per heavy atom. The molecule has 5 rings (SSSR count). The van der Waals surface area contributed by atoms with Gasteiger partial charge in [-0.25, -0.2) is 14.3 Å². The number of aromatic hydroxyl groups is 1. The molecule has 0 saturated carbocycles. The number of aryl methyl sites for hydroxylation is 1. The van der Waals surface area contributed by atoms with Gasteiger partial charge in [-0.2, -0.15) is 0 Å². The Kier molecular flexibility index (Phi) is 8.98. The van der Waals surface area contributed by atoms with Gasteiger partial charge >= 0.3 is 23.8 Å². The standard InChI is InChI=1S/C25H27N9O9S2/c1-3-32-14(36)8-33(21(40)20(32)39)24(43)27-15(11-4-6-13(35)7-5-11)18(37)26-16-19(38)34-17(23(41)42)12(9-44-22(16)34)10-45-25-28-29-30-31(25)2/h4-7,14-16,22,35-36H,3,8-10H2,1-2H3,(H,26,37)(H,27,43)(H,41,42)/t14?,15-,16-,22-/m1/s1. The number of β-amino-alcohol motifs (C(OH)–C–C–N with tert-alkyl or cyclic N) is 1. The fourth-order valence-corrected chi connectivity index (χ4v) is 7.28. The van der Waals surface area contributed by atoms with E-state index in [9.17, 15) is 44.1 Å². The molecule has 4 atom stereocenters. The molecule has 0 radical (unpaired) electrons. The van der Waals surface area contributed by atoms with Crippen LogP contribution >= 0.6 is 23.5 Å². The number of carbonyl (C=O) groups excluding carboxylic acids is 5. The summed E-state index contributed by atoms with van der Waals surface area (Å²) in [5.41, 5.74) is 0.427. The van der Waals surface area contributed by atoms with E-state index in [-0.39, 0.29) is 35.1 Å². The number of fused-ring (bicyclic) bond motifs is 1. The first kappa shape index (κ1) is 31.7. The van der Waals surface area contributed by atoms with Crippen molar-refractivity contribution in [3.63, 3.8) is 0 Å². The minimum atomic E-state index is -1.51. The van der Waals surface area contributed by atoms with Crippen LogP contribution in [0.25, 0.3) is 0 Å². The topological polar surface area (TPSA) is 240 Å². The number of imide groups is 1. The summed E-state index contributed by atoms with van der Waals surface area (Å²) >= 11 is 2.44. The number of likely N-dealkylation sites (N-methyl/N-ethyl adjacent to an activating group) is 1. The Bertz CT molecular complexity index is 1600. The monoisotopic (exact) mass is 661 g/mol. The second kappa shape index (κ2) is 12.7. The van der Waals surface area contributed by atoms with Crippen LogP contribution in [-0.4, -0.2) is 128 Å². The Balaban J connectivity index is 1.32. The van der Waals surface area contributed by atoms with Crippen LogP contribution in [0.5, 0.6) is 5.75 Å². The summed E-state index contributed by atoms with van der Waals surface area (Å²) < 4.78 is 1.43. The molecule has 20 heteroatoms. The number of piperazine rings is 1. The van der Waals surface area contributed by atoms with Gasteiger partial charge in [-0.3, -0.25) is 29.0 Å². The number of nitrogens with one attached hydrogen (secondary N) is 2. The molecule has 3 aliphatic rings. The van der Waals surface area contributed by atoms with Gasteiger partial charge in [0.1, 0.15) is 35.1 Å². The molecule has 1 aromatic carbocycles. The van der Waals surface area contributed by atoms with Crippen molar-refractivity contribution in [3.8, 4) is 5.75 Å². The number of hydrogen-bond acceptors (Lipinski definition) is 13. The molecule has 1 unspecified atom stereocenters. The molecule has 3 aliphatic heterocycles. The number of tetrazole rings is 1. The fraction of sp³-hybridized carbons (Fsp3) is 0.400. The van der Waals surface area contributed by atoms with E-state index in [4.69, 9.17) is 0 Å². The predicted octanol–water partition coefficient (Wildman–Crippen LogP) is -1.79. The number of urea groups is 1. The molecular formula is C25H27N9O9S2. The number of carboxylic acid groups (broad SMARTS) is 1. The van der Waals surface area contributed by atoms with Crippen LogP contribution in [0.15, 0.2) is 40.7 Å². The molecule has 4 heterocycles. The molecule has 2 aromatic rings. The van der Waals surface area contributed by atoms with E-state index in [0.717, 1.165) is 9.80 Å². The zero-order valence-corrected chi connectivity index (χ0v) is 25.3. The number of carboxylic acids is 1. The number of aromatic nitrogens is 4. The fourth-order valence-electron chi connectivity index (χ4n) is 4.94. The van der Waals surface area contributed by atoms with E-state index < -0.39 is 65.9 Å². The number of carbonyl (C=O) groups is 6. The highest BCUT2D eigenvalue weighted by Crippen LogP contribution is 2.41. The zero-order chi connectivity index (χ0) is 32.6. The number of aliphatic hydroxyl groups excluding tert-OH is 1. The van der Waals surface area contributed by atoms with Crippen molar-refractivity contribution in [2.75, 3.05) is 24.6 Å². The first-order valence-electron chi connectivity index (χ1n) is 13.4. The lowest BCUT2D eigenvalue weighted by atomic mass is 10.0. The normalized spacial score (nSPS) is 22.2. The third-order valence-electron chi connectivity index (χ3n) is 7.24. The third kappa shape index (κ3) is 6.02. The third-order valence-corrected chi connectivity index (χ3v) is 9.68. The van der Waals surface area contributed by atoms with E-state index in [1.165, 1.54) is 52.5 Å². The summed E-state index contributed by atoms with van der Waals surface area (Å²) in [6, 6.07) is 1.37. The SMILES string of the molecule is CCN1C(=O)C(=O)N(C(=O)N[C@@H](C(=O)N[C@@H]2C(=O)N3C(C(=O)O)=C(CSc4nnnn4C)CS[C@H]23)c2ccc(O)cc2)CC1O. The summed E-state index contributed by atoms with van der Waals surface area (Å²) in [6.45, 7) is 1.04. The van der Waals surface area contributed by atoms with E-state index in [1.807, 2.05) is 0 Å². The van der Waals surface area contributed by atoms with Crippen molar-refractivity contribution >= 4 is 59.2 Å². The van der Waals surface area contributed by atoms with Crippen LogP contribution in [0.4, 0.5) is 4.79 Å². The van der Waals surface area contributed by atoms with Gasteiger partial charge in [-0.15, -0.1) is 16.9 Å². The van der Waals surface area contributed by atoms with Crippen molar-refractivity contribution in [2.45, 2.75) is 35.8 Å². The zero-order valence-electron chi connectivity index (χ0n) is 23.7. The second-order valence-corrected chi connectivity index (χ2v) is 12.0. The molecule has 18 nitrogen and oxygen atoms in total. The summed E-state index contributed by atoms with van der Waals surface area (Å²) in [5, 5.41) is 45.7. The quantitative estimate of drug-likeness (QED) is 0.113. The number of thioether (sulfide) groups is 2. The maximum Gasteiger partial charge on any atom is 0.352 e. The van der Waals surface area contributed by atoms with Crippen LogP contribution < -0.4 is 10.6 Å².